The summed E-state index contributed by atoms with van der Waals surface area (Å²) < 4.78 is 33.0. The maximum Gasteiger partial charge on any atom is 0.263 e. The summed E-state index contributed by atoms with van der Waals surface area (Å²) in [7, 11) is -3.69. The summed E-state index contributed by atoms with van der Waals surface area (Å²) in [6.07, 6.45) is 1.54. The highest BCUT2D eigenvalue weighted by Gasteiger charge is 2.15. The molecule has 32 heavy (non-hydrogen) atoms. The van der Waals surface area contributed by atoms with Gasteiger partial charge < -0.3 is 15.4 Å². The normalized spacial score (nSPS) is 10.9. The van der Waals surface area contributed by atoms with Crippen molar-refractivity contribution in [2.24, 2.45) is 0 Å². The van der Waals surface area contributed by atoms with Crippen molar-refractivity contribution in [2.75, 3.05) is 15.4 Å². The van der Waals surface area contributed by atoms with E-state index < -0.39 is 10.0 Å². The molecule has 0 unspecified atom stereocenters. The minimum absolute atomic E-state index is 0.131. The second-order valence-corrected chi connectivity index (χ2v) is 9.47. The van der Waals surface area contributed by atoms with Crippen molar-refractivity contribution in [2.45, 2.75) is 4.90 Å². The number of thiocarbonyl (C=S) groups is 1. The van der Waals surface area contributed by atoms with Gasteiger partial charge in [0.25, 0.3) is 10.0 Å². The molecule has 7 nitrogen and oxygen atoms in total. The Morgan fingerprint density at radius 1 is 0.844 bits per heavy atom. The summed E-state index contributed by atoms with van der Waals surface area (Å²) in [5.74, 6) is 1.47. The molecule has 0 radical (unpaired) electrons. The van der Waals surface area contributed by atoms with Gasteiger partial charge in [-0.05, 0) is 72.9 Å². The van der Waals surface area contributed by atoms with E-state index >= 15 is 0 Å². The van der Waals surface area contributed by atoms with Gasteiger partial charge in [0.1, 0.15) is 11.5 Å². The fraction of sp³-hybridized carbons (Fsp3) is 0. The maximum atomic E-state index is 12.4. The first kappa shape index (κ1) is 21.8. The lowest BCUT2D eigenvalue weighted by Crippen LogP contribution is -2.19. The van der Waals surface area contributed by atoms with Crippen LogP contribution in [0.4, 0.5) is 16.5 Å². The Morgan fingerprint density at radius 2 is 1.44 bits per heavy atom. The van der Waals surface area contributed by atoms with Gasteiger partial charge in [-0.3, -0.25) is 4.72 Å². The highest BCUT2D eigenvalue weighted by Crippen LogP contribution is 2.23. The summed E-state index contributed by atoms with van der Waals surface area (Å²) in [6.45, 7) is 0. The molecule has 0 aliphatic rings. The number of rotatable bonds is 7. The highest BCUT2D eigenvalue weighted by atomic mass is 32.2. The van der Waals surface area contributed by atoms with E-state index in [0.717, 1.165) is 11.4 Å². The van der Waals surface area contributed by atoms with E-state index in [1.807, 2.05) is 54.6 Å². The summed E-state index contributed by atoms with van der Waals surface area (Å²) in [4.78, 5) is 4.06. The van der Waals surface area contributed by atoms with Crippen molar-refractivity contribution < 1.29 is 13.2 Å². The highest BCUT2D eigenvalue weighted by molar-refractivity contribution is 7.93. The fourth-order valence-corrected chi connectivity index (χ4v) is 4.71. The minimum Gasteiger partial charge on any atom is -0.457 e. The topological polar surface area (TPSA) is 92.4 Å². The molecule has 0 aliphatic heterocycles. The number of thiazole rings is 1. The largest absolute Gasteiger partial charge is 0.457 e. The molecule has 3 N–H and O–H groups in total. The average Bonchev–Trinajstić information content (AvgIpc) is 3.28. The van der Waals surface area contributed by atoms with Gasteiger partial charge in [0.05, 0.1) is 4.90 Å². The summed E-state index contributed by atoms with van der Waals surface area (Å²) >= 11 is 6.56. The van der Waals surface area contributed by atoms with E-state index in [1.165, 1.54) is 29.7 Å². The van der Waals surface area contributed by atoms with Crippen molar-refractivity contribution >= 4 is 55.2 Å². The molecule has 0 atom stereocenters. The Hall–Kier alpha value is -3.47. The molecular weight excluding hydrogens is 464 g/mol. The molecule has 10 heteroatoms. The number of hydrogen-bond donors (Lipinski definition) is 3. The number of para-hydroxylation sites is 1. The molecule has 162 valence electrons. The van der Waals surface area contributed by atoms with Gasteiger partial charge in [0, 0.05) is 23.0 Å². The van der Waals surface area contributed by atoms with Crippen LogP contribution < -0.4 is 20.1 Å². The van der Waals surface area contributed by atoms with Crippen LogP contribution in [0.3, 0.4) is 0 Å². The number of hydrogen-bond acceptors (Lipinski definition) is 6. The van der Waals surface area contributed by atoms with Crippen molar-refractivity contribution in [1.29, 1.82) is 0 Å². The van der Waals surface area contributed by atoms with Gasteiger partial charge in [-0.2, -0.15) is 0 Å². The smallest absolute Gasteiger partial charge is 0.263 e. The predicted octanol–water partition coefficient (Wildman–Crippen LogP) is 5.55. The van der Waals surface area contributed by atoms with Gasteiger partial charge in [-0.15, -0.1) is 11.3 Å². The molecule has 0 amide bonds. The molecule has 4 rings (SSSR count). The quantitative estimate of drug-likeness (QED) is 0.298. The predicted molar refractivity (Wildman–Crippen MR) is 132 cm³/mol. The molecule has 0 saturated heterocycles. The molecule has 0 bridgehead atoms. The van der Waals surface area contributed by atoms with E-state index in [0.29, 0.717) is 21.7 Å². The molecule has 0 aliphatic carbocycles. The number of ether oxygens (including phenoxy) is 1. The lowest BCUT2D eigenvalue weighted by Gasteiger charge is -2.12. The Kier molecular flexibility index (Phi) is 6.64. The van der Waals surface area contributed by atoms with E-state index in [1.54, 1.807) is 17.5 Å². The molecule has 0 saturated carbocycles. The Balaban J connectivity index is 1.33. The lowest BCUT2D eigenvalue weighted by molar-refractivity contribution is 0.483. The third kappa shape index (κ3) is 5.82. The van der Waals surface area contributed by atoms with Crippen LogP contribution in [0.1, 0.15) is 0 Å². The Labute approximate surface area is 195 Å². The van der Waals surface area contributed by atoms with Crippen LogP contribution in [0.2, 0.25) is 0 Å². The molecule has 0 spiro atoms. The van der Waals surface area contributed by atoms with E-state index in [2.05, 4.69) is 20.3 Å². The number of aromatic nitrogens is 1. The molecular formula is C22H18N4O3S3. The van der Waals surface area contributed by atoms with Gasteiger partial charge in [0.15, 0.2) is 10.2 Å². The first-order valence-corrected chi connectivity index (χ1v) is 12.2. The van der Waals surface area contributed by atoms with Crippen molar-refractivity contribution in [3.8, 4) is 11.5 Å². The molecule has 1 heterocycles. The maximum absolute atomic E-state index is 12.4. The first-order chi connectivity index (χ1) is 15.5. The number of sulfonamides is 1. The first-order valence-electron chi connectivity index (χ1n) is 9.41. The van der Waals surface area contributed by atoms with Crippen LogP contribution in [-0.4, -0.2) is 18.5 Å². The van der Waals surface area contributed by atoms with Crippen molar-refractivity contribution in [3.63, 3.8) is 0 Å². The SMILES string of the molecule is O=S(=O)(Nc1nccs1)c1ccc(NC(=S)Nc2ccc(Oc3ccccc3)cc2)cc1. The van der Waals surface area contributed by atoms with Crippen molar-refractivity contribution in [1.82, 2.24) is 4.98 Å². The number of anilines is 3. The van der Waals surface area contributed by atoms with Gasteiger partial charge in [-0.25, -0.2) is 13.4 Å². The molecule has 1 aromatic heterocycles. The minimum atomic E-state index is -3.69. The van der Waals surface area contributed by atoms with Crippen LogP contribution in [0, 0.1) is 0 Å². The number of nitrogens with one attached hydrogen (secondary N) is 3. The molecule has 3 aromatic carbocycles. The van der Waals surface area contributed by atoms with Crippen LogP contribution in [0.25, 0.3) is 0 Å². The lowest BCUT2D eigenvalue weighted by atomic mass is 10.3. The molecule has 4 aromatic rings. The second-order valence-electron chi connectivity index (χ2n) is 6.49. The summed E-state index contributed by atoms with van der Waals surface area (Å²) in [5, 5.41) is 8.50. The fourth-order valence-electron chi connectivity index (χ4n) is 2.69. The number of benzene rings is 3. The Bertz CT molecular complexity index is 1280. The Morgan fingerprint density at radius 3 is 2.03 bits per heavy atom. The zero-order chi connectivity index (χ0) is 22.4. The van der Waals surface area contributed by atoms with Crippen molar-refractivity contribution in [3.05, 3.63) is 90.4 Å². The summed E-state index contributed by atoms with van der Waals surface area (Å²) in [5.41, 5.74) is 1.44. The third-order valence-corrected chi connectivity index (χ3v) is 6.54. The second kappa shape index (κ2) is 9.77. The van der Waals surface area contributed by atoms with Gasteiger partial charge in [0.2, 0.25) is 0 Å². The van der Waals surface area contributed by atoms with Crippen LogP contribution >= 0.6 is 23.6 Å². The number of nitrogens with zero attached hydrogens (tertiary/aromatic N) is 1. The van der Waals surface area contributed by atoms with Crippen LogP contribution in [0.15, 0.2) is 95.3 Å². The van der Waals surface area contributed by atoms with Gasteiger partial charge in [-0.1, -0.05) is 18.2 Å². The van der Waals surface area contributed by atoms with Gasteiger partial charge >= 0.3 is 0 Å². The van der Waals surface area contributed by atoms with Crippen LogP contribution in [-0.2, 0) is 10.0 Å². The van der Waals surface area contributed by atoms with E-state index in [4.69, 9.17) is 17.0 Å². The zero-order valence-electron chi connectivity index (χ0n) is 16.6. The molecule has 0 fully saturated rings. The monoisotopic (exact) mass is 482 g/mol. The third-order valence-electron chi connectivity index (χ3n) is 4.17. The van der Waals surface area contributed by atoms with E-state index in [9.17, 15) is 8.42 Å². The zero-order valence-corrected chi connectivity index (χ0v) is 19.0. The summed E-state index contributed by atoms with van der Waals surface area (Å²) in [6, 6.07) is 23.2. The standard InChI is InChI=1S/C22H18N4O3S3/c27-32(28,26-22-23-14-15-31-22)20-12-8-17(9-13-20)25-21(30)24-16-6-10-19(11-7-16)29-18-4-2-1-3-5-18/h1-15H,(H,23,26)(H2,24,25,30). The average molecular weight is 483 g/mol. The van der Waals surface area contributed by atoms with E-state index in [-0.39, 0.29) is 4.90 Å². The van der Waals surface area contributed by atoms with Crippen LogP contribution in [0.5, 0.6) is 11.5 Å².